The fourth-order valence-corrected chi connectivity index (χ4v) is 2.60. The van der Waals surface area contributed by atoms with Crippen molar-refractivity contribution in [1.29, 1.82) is 0 Å². The van der Waals surface area contributed by atoms with Gasteiger partial charge in [-0.3, -0.25) is 9.59 Å². The van der Waals surface area contributed by atoms with Gasteiger partial charge in [0.15, 0.2) is 0 Å². The summed E-state index contributed by atoms with van der Waals surface area (Å²) in [6, 6.07) is -0.380. The molecular formula is C14H25N3O4. The van der Waals surface area contributed by atoms with Gasteiger partial charge in [0, 0.05) is 13.1 Å². The summed E-state index contributed by atoms with van der Waals surface area (Å²) >= 11 is 0. The van der Waals surface area contributed by atoms with Crippen LogP contribution in [-0.4, -0.2) is 46.5 Å². The van der Waals surface area contributed by atoms with E-state index in [0.29, 0.717) is 32.4 Å². The summed E-state index contributed by atoms with van der Waals surface area (Å²) in [5, 5.41) is 12.0. The lowest BCUT2D eigenvalue weighted by Gasteiger charge is -2.39. The molecular weight excluding hydrogens is 274 g/mol. The summed E-state index contributed by atoms with van der Waals surface area (Å²) in [7, 11) is 0. The number of aliphatic carboxylic acids is 1. The average molecular weight is 299 g/mol. The number of hydrogen-bond donors (Lipinski definition) is 3. The molecule has 0 aromatic carbocycles. The Kier molecular flexibility index (Phi) is 5.20. The fourth-order valence-electron chi connectivity index (χ4n) is 2.60. The second-order valence-corrected chi connectivity index (χ2v) is 6.24. The molecule has 0 aromatic heterocycles. The molecule has 120 valence electrons. The van der Waals surface area contributed by atoms with Crippen molar-refractivity contribution in [2.24, 2.45) is 11.1 Å². The van der Waals surface area contributed by atoms with E-state index < -0.39 is 22.8 Å². The number of carbonyl (C=O) groups is 3. The molecule has 0 radical (unpaired) electrons. The lowest BCUT2D eigenvalue weighted by Crippen LogP contribution is -2.58. The van der Waals surface area contributed by atoms with E-state index in [1.165, 1.54) is 13.8 Å². The molecule has 0 bridgehead atoms. The number of carbonyl (C=O) groups excluding carboxylic acids is 2. The smallest absolute Gasteiger partial charge is 0.318 e. The number of amides is 3. The van der Waals surface area contributed by atoms with Crippen molar-refractivity contribution in [3.8, 4) is 0 Å². The maximum absolute atomic E-state index is 12.1. The second-order valence-electron chi connectivity index (χ2n) is 6.24. The lowest BCUT2D eigenvalue weighted by molar-refractivity contribution is -0.152. The molecule has 0 aromatic rings. The molecule has 1 fully saturated rings. The number of nitrogens with zero attached hydrogens (tertiary/aromatic N) is 1. The zero-order chi connectivity index (χ0) is 16.3. The maximum Gasteiger partial charge on any atom is 0.318 e. The Morgan fingerprint density at radius 3 is 2.19 bits per heavy atom. The van der Waals surface area contributed by atoms with E-state index in [1.807, 2.05) is 6.92 Å². The zero-order valence-corrected chi connectivity index (χ0v) is 12.9. The molecule has 4 N–H and O–H groups in total. The number of primary amides is 1. The number of piperidine rings is 1. The molecule has 7 nitrogen and oxygen atoms in total. The van der Waals surface area contributed by atoms with Gasteiger partial charge in [0.2, 0.25) is 5.91 Å². The Hall–Kier alpha value is -1.79. The van der Waals surface area contributed by atoms with Crippen molar-refractivity contribution >= 4 is 17.9 Å². The largest absolute Gasteiger partial charge is 0.481 e. The van der Waals surface area contributed by atoms with Crippen molar-refractivity contribution in [3.63, 3.8) is 0 Å². The van der Waals surface area contributed by atoms with Gasteiger partial charge in [-0.1, -0.05) is 13.3 Å². The molecule has 0 spiro atoms. The third-order valence-corrected chi connectivity index (χ3v) is 4.23. The summed E-state index contributed by atoms with van der Waals surface area (Å²) in [5.74, 6) is -1.40. The fraction of sp³-hybridized carbons (Fsp3) is 0.786. The van der Waals surface area contributed by atoms with Crippen LogP contribution in [0, 0.1) is 5.41 Å². The number of urea groups is 1. The van der Waals surface area contributed by atoms with Crippen LogP contribution >= 0.6 is 0 Å². The van der Waals surface area contributed by atoms with E-state index in [-0.39, 0.29) is 6.03 Å². The Balaban J connectivity index is 2.66. The first kappa shape index (κ1) is 17.3. The minimum Gasteiger partial charge on any atom is -0.481 e. The van der Waals surface area contributed by atoms with Crippen LogP contribution in [0.4, 0.5) is 4.79 Å². The van der Waals surface area contributed by atoms with Crippen molar-refractivity contribution in [1.82, 2.24) is 10.2 Å². The van der Waals surface area contributed by atoms with Crippen LogP contribution in [0.1, 0.15) is 46.5 Å². The normalized spacial score (nSPS) is 18.1. The third kappa shape index (κ3) is 3.86. The van der Waals surface area contributed by atoms with Crippen LogP contribution in [-0.2, 0) is 9.59 Å². The van der Waals surface area contributed by atoms with Gasteiger partial charge >= 0.3 is 12.0 Å². The topological polar surface area (TPSA) is 113 Å². The summed E-state index contributed by atoms with van der Waals surface area (Å²) in [6.07, 6.45) is 2.28. The van der Waals surface area contributed by atoms with Gasteiger partial charge in [-0.05, 0) is 33.1 Å². The number of carboxylic acid groups (broad SMARTS) is 1. The van der Waals surface area contributed by atoms with Gasteiger partial charge in [0.1, 0.15) is 5.54 Å². The number of hydrogen-bond acceptors (Lipinski definition) is 3. The Bertz CT molecular complexity index is 426. The Morgan fingerprint density at radius 1 is 1.29 bits per heavy atom. The highest BCUT2D eigenvalue weighted by atomic mass is 16.4. The van der Waals surface area contributed by atoms with Crippen LogP contribution in [0.25, 0.3) is 0 Å². The van der Waals surface area contributed by atoms with Crippen molar-refractivity contribution < 1.29 is 19.5 Å². The molecule has 0 unspecified atom stereocenters. The molecule has 0 aliphatic carbocycles. The monoisotopic (exact) mass is 299 g/mol. The second kappa shape index (κ2) is 6.32. The number of rotatable bonds is 5. The predicted octanol–water partition coefficient (Wildman–Crippen LogP) is 0.927. The van der Waals surface area contributed by atoms with Crippen LogP contribution < -0.4 is 11.1 Å². The first-order valence-electron chi connectivity index (χ1n) is 7.25. The Morgan fingerprint density at radius 2 is 1.81 bits per heavy atom. The lowest BCUT2D eigenvalue weighted by atomic mass is 9.75. The van der Waals surface area contributed by atoms with E-state index in [9.17, 15) is 19.5 Å². The highest BCUT2D eigenvalue weighted by Gasteiger charge is 2.42. The Labute approximate surface area is 124 Å². The minimum absolute atomic E-state index is 0.368. The first-order valence-corrected chi connectivity index (χ1v) is 7.25. The minimum atomic E-state index is -1.12. The summed E-state index contributed by atoms with van der Waals surface area (Å²) in [6.45, 7) is 5.77. The molecule has 0 atom stereocenters. The highest BCUT2D eigenvalue weighted by molar-refractivity contribution is 5.89. The maximum atomic E-state index is 12.1. The van der Waals surface area contributed by atoms with Crippen molar-refractivity contribution in [2.75, 3.05) is 13.1 Å². The van der Waals surface area contributed by atoms with Gasteiger partial charge in [0.05, 0.1) is 5.41 Å². The van der Waals surface area contributed by atoms with E-state index in [0.717, 1.165) is 6.42 Å². The number of nitrogens with one attached hydrogen (secondary N) is 1. The molecule has 1 aliphatic rings. The molecule has 1 rings (SSSR count). The standard InChI is InChI=1S/C14H25N3O4/c1-4-5-14(11(19)20)6-8-17(9-7-14)12(21)16-13(2,3)10(15)18/h4-9H2,1-3H3,(H2,15,18)(H,16,21)(H,19,20). The number of likely N-dealkylation sites (tertiary alicyclic amines) is 1. The van der Waals surface area contributed by atoms with Gasteiger partial charge < -0.3 is 21.1 Å². The van der Waals surface area contributed by atoms with Gasteiger partial charge in [-0.2, -0.15) is 0 Å². The molecule has 21 heavy (non-hydrogen) atoms. The molecule has 1 aliphatic heterocycles. The molecule has 7 heteroatoms. The zero-order valence-electron chi connectivity index (χ0n) is 12.9. The summed E-state index contributed by atoms with van der Waals surface area (Å²) in [4.78, 5) is 36.4. The molecule has 0 saturated carbocycles. The molecule has 3 amide bonds. The van der Waals surface area contributed by atoms with Crippen LogP contribution in [0.5, 0.6) is 0 Å². The molecule has 1 saturated heterocycles. The average Bonchev–Trinajstić information content (AvgIpc) is 2.38. The van der Waals surface area contributed by atoms with Crippen LogP contribution in [0.3, 0.4) is 0 Å². The van der Waals surface area contributed by atoms with E-state index in [1.54, 1.807) is 4.90 Å². The van der Waals surface area contributed by atoms with Crippen LogP contribution in [0.15, 0.2) is 0 Å². The quantitative estimate of drug-likeness (QED) is 0.700. The summed E-state index contributed by atoms with van der Waals surface area (Å²) in [5.41, 5.74) is 3.37. The van der Waals surface area contributed by atoms with Gasteiger partial charge in [0.25, 0.3) is 0 Å². The van der Waals surface area contributed by atoms with E-state index in [2.05, 4.69) is 5.32 Å². The SMILES string of the molecule is CCCC1(C(=O)O)CCN(C(=O)NC(C)(C)C(N)=O)CC1. The summed E-state index contributed by atoms with van der Waals surface area (Å²) < 4.78 is 0. The van der Waals surface area contributed by atoms with E-state index >= 15 is 0 Å². The third-order valence-electron chi connectivity index (χ3n) is 4.23. The van der Waals surface area contributed by atoms with E-state index in [4.69, 9.17) is 5.73 Å². The molecule has 1 heterocycles. The van der Waals surface area contributed by atoms with Crippen LogP contribution in [0.2, 0.25) is 0 Å². The predicted molar refractivity (Wildman–Crippen MR) is 77.6 cm³/mol. The first-order chi connectivity index (χ1) is 9.64. The van der Waals surface area contributed by atoms with Gasteiger partial charge in [-0.15, -0.1) is 0 Å². The van der Waals surface area contributed by atoms with Crippen molar-refractivity contribution in [2.45, 2.75) is 52.0 Å². The number of nitrogens with two attached hydrogens (primary N) is 1. The van der Waals surface area contributed by atoms with Crippen molar-refractivity contribution in [3.05, 3.63) is 0 Å². The highest BCUT2D eigenvalue weighted by Crippen LogP contribution is 2.36. The number of carboxylic acids is 1. The van der Waals surface area contributed by atoms with Gasteiger partial charge in [-0.25, -0.2) is 4.79 Å².